The van der Waals surface area contributed by atoms with Crippen LogP contribution >= 0.6 is 0 Å². The lowest BCUT2D eigenvalue weighted by molar-refractivity contribution is -0.124. The molecule has 0 spiro atoms. The van der Waals surface area contributed by atoms with E-state index in [4.69, 9.17) is 4.74 Å². The van der Waals surface area contributed by atoms with Gasteiger partial charge in [-0.2, -0.15) is 0 Å². The molecule has 4 rings (SSSR count). The number of rotatable bonds is 3. The van der Waals surface area contributed by atoms with E-state index in [-0.39, 0.29) is 17.9 Å². The molecule has 2 N–H and O–H groups in total. The lowest BCUT2D eigenvalue weighted by atomic mass is 10.0. The molecule has 1 unspecified atom stereocenters. The van der Waals surface area contributed by atoms with Gasteiger partial charge < -0.3 is 20.3 Å². The summed E-state index contributed by atoms with van der Waals surface area (Å²) in [6.45, 7) is 4.30. The Morgan fingerprint density at radius 2 is 2.00 bits per heavy atom. The van der Waals surface area contributed by atoms with Crippen molar-refractivity contribution in [2.75, 3.05) is 38.1 Å². The van der Waals surface area contributed by atoms with E-state index in [2.05, 4.69) is 10.6 Å². The van der Waals surface area contributed by atoms with Crippen LogP contribution in [0.1, 0.15) is 23.2 Å². The van der Waals surface area contributed by atoms with Gasteiger partial charge in [0.25, 0.3) is 11.8 Å². The van der Waals surface area contributed by atoms with Gasteiger partial charge in [-0.1, -0.05) is 6.07 Å². The summed E-state index contributed by atoms with van der Waals surface area (Å²) >= 11 is 0. The quantitative estimate of drug-likeness (QED) is 0.871. The second-order valence-electron chi connectivity index (χ2n) is 6.96. The van der Waals surface area contributed by atoms with Gasteiger partial charge in [0.15, 0.2) is 0 Å². The zero-order valence-corrected chi connectivity index (χ0v) is 13.7. The minimum absolute atomic E-state index is 0.0533. The van der Waals surface area contributed by atoms with E-state index >= 15 is 0 Å². The third-order valence-electron chi connectivity index (χ3n) is 5.28. The predicted octanol–water partition coefficient (Wildman–Crippen LogP) is 1.10. The van der Waals surface area contributed by atoms with Crippen molar-refractivity contribution in [3.05, 3.63) is 29.8 Å². The second kappa shape index (κ2) is 6.53. The minimum atomic E-state index is -0.366. The summed E-state index contributed by atoms with van der Waals surface area (Å²) in [6.07, 6.45) is 1.31. The number of nitrogens with one attached hydrogen (secondary N) is 2. The minimum Gasteiger partial charge on any atom is -0.368 e. The van der Waals surface area contributed by atoms with Gasteiger partial charge in [-0.3, -0.25) is 9.59 Å². The van der Waals surface area contributed by atoms with E-state index in [1.54, 1.807) is 6.07 Å². The van der Waals surface area contributed by atoms with E-state index in [1.807, 2.05) is 23.1 Å². The van der Waals surface area contributed by atoms with E-state index in [9.17, 15) is 9.59 Å². The SMILES string of the molecule is O=C(Nc1cccc(C(=O)N2C[C@H]3CNC[C@H]3C2)c1)C1CCCO1. The summed E-state index contributed by atoms with van der Waals surface area (Å²) in [5, 5.41) is 6.25. The van der Waals surface area contributed by atoms with Crippen molar-refractivity contribution in [2.45, 2.75) is 18.9 Å². The van der Waals surface area contributed by atoms with E-state index < -0.39 is 0 Å². The van der Waals surface area contributed by atoms with Crippen LogP contribution in [0, 0.1) is 11.8 Å². The lowest BCUT2D eigenvalue weighted by Crippen LogP contribution is -2.32. The monoisotopic (exact) mass is 329 g/mol. The molecule has 24 heavy (non-hydrogen) atoms. The Bertz CT molecular complexity index is 630. The van der Waals surface area contributed by atoms with Gasteiger partial charge in [-0.15, -0.1) is 0 Å². The van der Waals surface area contributed by atoms with Crippen LogP contribution in [0.5, 0.6) is 0 Å². The predicted molar refractivity (Wildman–Crippen MR) is 89.8 cm³/mol. The second-order valence-corrected chi connectivity index (χ2v) is 6.96. The number of fused-ring (bicyclic) bond motifs is 1. The number of carbonyl (C=O) groups is 2. The molecule has 0 saturated carbocycles. The molecular weight excluding hydrogens is 306 g/mol. The normalized spacial score (nSPS) is 28.8. The molecule has 3 aliphatic rings. The van der Waals surface area contributed by atoms with Gasteiger partial charge in [-0.05, 0) is 42.9 Å². The number of hydrogen-bond donors (Lipinski definition) is 2. The van der Waals surface area contributed by atoms with Crippen LogP contribution in [0.4, 0.5) is 5.69 Å². The molecule has 0 aliphatic carbocycles. The van der Waals surface area contributed by atoms with Crippen molar-refractivity contribution in [2.24, 2.45) is 11.8 Å². The molecule has 0 radical (unpaired) electrons. The summed E-state index contributed by atoms with van der Waals surface area (Å²) in [6, 6.07) is 7.21. The Morgan fingerprint density at radius 3 is 2.71 bits per heavy atom. The van der Waals surface area contributed by atoms with Crippen molar-refractivity contribution in [3.8, 4) is 0 Å². The molecule has 1 aromatic carbocycles. The van der Waals surface area contributed by atoms with Crippen molar-refractivity contribution in [1.29, 1.82) is 0 Å². The van der Waals surface area contributed by atoms with Crippen LogP contribution < -0.4 is 10.6 Å². The van der Waals surface area contributed by atoms with E-state index in [0.29, 0.717) is 29.7 Å². The molecule has 2 amide bonds. The van der Waals surface area contributed by atoms with Crippen LogP contribution in [0.2, 0.25) is 0 Å². The number of benzene rings is 1. The Kier molecular flexibility index (Phi) is 4.24. The van der Waals surface area contributed by atoms with Gasteiger partial charge in [0.1, 0.15) is 6.10 Å². The standard InChI is InChI=1S/C18H23N3O3/c22-17(16-5-2-6-24-16)20-15-4-1-3-12(7-15)18(23)21-10-13-8-19-9-14(13)11-21/h1,3-4,7,13-14,16,19H,2,5-6,8-11H2,(H,20,22)/t13-,14+,16?. The molecule has 128 valence electrons. The highest BCUT2D eigenvalue weighted by Gasteiger charge is 2.38. The third kappa shape index (κ3) is 3.03. The largest absolute Gasteiger partial charge is 0.368 e. The number of hydrogen-bond acceptors (Lipinski definition) is 4. The Hall–Kier alpha value is -1.92. The maximum absolute atomic E-state index is 12.7. The van der Waals surface area contributed by atoms with Crippen LogP contribution in [-0.2, 0) is 9.53 Å². The van der Waals surface area contributed by atoms with Gasteiger partial charge in [0.05, 0.1) is 0 Å². The van der Waals surface area contributed by atoms with Crippen molar-refractivity contribution < 1.29 is 14.3 Å². The highest BCUT2D eigenvalue weighted by molar-refractivity contribution is 5.98. The molecule has 3 atom stereocenters. The van der Waals surface area contributed by atoms with Crippen LogP contribution in [-0.4, -0.2) is 55.6 Å². The van der Waals surface area contributed by atoms with Crippen molar-refractivity contribution in [1.82, 2.24) is 10.2 Å². The lowest BCUT2D eigenvalue weighted by Gasteiger charge is -2.18. The van der Waals surface area contributed by atoms with Crippen LogP contribution in [0.3, 0.4) is 0 Å². The molecule has 6 heteroatoms. The summed E-state index contributed by atoms with van der Waals surface area (Å²) < 4.78 is 5.40. The summed E-state index contributed by atoms with van der Waals surface area (Å²) in [7, 11) is 0. The third-order valence-corrected chi connectivity index (χ3v) is 5.28. The first-order chi connectivity index (χ1) is 11.7. The number of carbonyl (C=O) groups excluding carboxylic acids is 2. The number of likely N-dealkylation sites (tertiary alicyclic amines) is 1. The first-order valence-corrected chi connectivity index (χ1v) is 8.73. The summed E-state index contributed by atoms with van der Waals surface area (Å²) in [5.74, 6) is 1.09. The average Bonchev–Trinajstić information content (AvgIpc) is 3.30. The molecule has 1 aromatic rings. The molecule has 6 nitrogen and oxygen atoms in total. The van der Waals surface area contributed by atoms with Gasteiger partial charge in [0, 0.05) is 44.0 Å². The first kappa shape index (κ1) is 15.6. The highest BCUT2D eigenvalue weighted by Crippen LogP contribution is 2.28. The number of amides is 2. The zero-order chi connectivity index (χ0) is 16.5. The van der Waals surface area contributed by atoms with Crippen molar-refractivity contribution >= 4 is 17.5 Å². The van der Waals surface area contributed by atoms with Crippen molar-refractivity contribution in [3.63, 3.8) is 0 Å². The maximum atomic E-state index is 12.7. The fourth-order valence-electron chi connectivity index (χ4n) is 3.94. The Balaban J connectivity index is 1.42. The smallest absolute Gasteiger partial charge is 0.253 e. The van der Waals surface area contributed by atoms with Gasteiger partial charge >= 0.3 is 0 Å². The molecular formula is C18H23N3O3. The molecule has 3 aliphatic heterocycles. The Morgan fingerprint density at radius 1 is 1.21 bits per heavy atom. The molecule has 0 aromatic heterocycles. The number of ether oxygens (including phenoxy) is 1. The summed E-state index contributed by atoms with van der Waals surface area (Å²) in [4.78, 5) is 26.8. The van der Waals surface area contributed by atoms with Crippen LogP contribution in [0.25, 0.3) is 0 Å². The topological polar surface area (TPSA) is 70.7 Å². The number of anilines is 1. The molecule has 3 fully saturated rings. The average molecular weight is 329 g/mol. The number of nitrogens with zero attached hydrogens (tertiary/aromatic N) is 1. The summed E-state index contributed by atoms with van der Waals surface area (Å²) in [5.41, 5.74) is 1.29. The highest BCUT2D eigenvalue weighted by atomic mass is 16.5. The fraction of sp³-hybridized carbons (Fsp3) is 0.556. The van der Waals surface area contributed by atoms with E-state index in [1.165, 1.54) is 0 Å². The van der Waals surface area contributed by atoms with Gasteiger partial charge in [0.2, 0.25) is 0 Å². The molecule has 3 heterocycles. The zero-order valence-electron chi connectivity index (χ0n) is 13.7. The van der Waals surface area contributed by atoms with Gasteiger partial charge in [-0.25, -0.2) is 0 Å². The maximum Gasteiger partial charge on any atom is 0.253 e. The fourth-order valence-corrected chi connectivity index (χ4v) is 3.94. The molecule has 3 saturated heterocycles. The Labute approximate surface area is 141 Å². The van der Waals surface area contributed by atoms with Crippen LogP contribution in [0.15, 0.2) is 24.3 Å². The molecule has 0 bridgehead atoms. The van der Waals surface area contributed by atoms with E-state index in [0.717, 1.165) is 39.0 Å². The first-order valence-electron chi connectivity index (χ1n) is 8.73.